The van der Waals surface area contributed by atoms with E-state index in [2.05, 4.69) is 20.8 Å². The molecule has 1 N–H and O–H groups in total. The summed E-state index contributed by atoms with van der Waals surface area (Å²) in [4.78, 5) is 13.9. The maximum Gasteiger partial charge on any atom is 0.409 e. The molecular weight excluding hydrogens is 314 g/mol. The van der Waals surface area contributed by atoms with E-state index in [4.69, 9.17) is 4.74 Å². The molecule has 0 aromatic heterocycles. The molecule has 0 aromatic carbocycles. The number of rotatable bonds is 2. The summed E-state index contributed by atoms with van der Waals surface area (Å²) in [5.41, 5.74) is 0.497. The van der Waals surface area contributed by atoms with Crippen molar-refractivity contribution in [2.45, 2.75) is 65.3 Å². The van der Waals surface area contributed by atoms with Gasteiger partial charge in [0.05, 0.1) is 0 Å². The van der Waals surface area contributed by atoms with Crippen LogP contribution in [0.1, 0.15) is 59.3 Å². The Bertz CT molecular complexity index is 551. The first-order valence-electron chi connectivity index (χ1n) is 10.3. The van der Waals surface area contributed by atoms with Gasteiger partial charge in [-0.25, -0.2) is 4.79 Å². The van der Waals surface area contributed by atoms with Crippen molar-refractivity contribution in [1.82, 2.24) is 4.90 Å². The van der Waals surface area contributed by atoms with Crippen molar-refractivity contribution in [2.75, 3.05) is 20.3 Å². The molecule has 4 nitrogen and oxygen atoms in total. The van der Waals surface area contributed by atoms with Crippen molar-refractivity contribution < 1.29 is 14.6 Å². The van der Waals surface area contributed by atoms with Crippen LogP contribution in [0.2, 0.25) is 0 Å². The van der Waals surface area contributed by atoms with Crippen molar-refractivity contribution in [3.8, 4) is 0 Å². The van der Waals surface area contributed by atoms with Crippen molar-refractivity contribution in [3.63, 3.8) is 0 Å². The summed E-state index contributed by atoms with van der Waals surface area (Å²) in [6.45, 7) is 8.05. The fourth-order valence-electron chi connectivity index (χ4n) is 7.82. The average molecular weight is 350 g/mol. The van der Waals surface area contributed by atoms with Gasteiger partial charge >= 0.3 is 6.09 Å². The number of amides is 1. The molecule has 1 saturated heterocycles. The lowest BCUT2D eigenvalue weighted by atomic mass is 9.47. The van der Waals surface area contributed by atoms with Crippen molar-refractivity contribution in [3.05, 3.63) is 0 Å². The molecule has 0 spiro atoms. The maximum absolute atomic E-state index is 12.0. The van der Waals surface area contributed by atoms with Gasteiger partial charge in [-0.15, -0.1) is 0 Å². The molecule has 142 valence electrons. The Kier molecular flexibility index (Phi) is 4.14. The summed E-state index contributed by atoms with van der Waals surface area (Å²) < 4.78 is 5.58. The number of carbonyl (C=O) groups is 1. The summed E-state index contributed by atoms with van der Waals surface area (Å²) in [5, 5.41) is 9.73. The van der Waals surface area contributed by atoms with Crippen LogP contribution in [0.15, 0.2) is 0 Å². The smallest absolute Gasteiger partial charge is 0.409 e. The van der Waals surface area contributed by atoms with Crippen LogP contribution in [0, 0.1) is 40.4 Å². The SMILES string of the molecule is CC(CO)[C@H]1CC[C@H]2[C@@H]3CC[C@H]4N(C)C(=O)OC[C@]4(C)[C@H]3CC[C@]12C. The second kappa shape index (κ2) is 5.87. The molecule has 1 unspecified atom stereocenters. The van der Waals surface area contributed by atoms with Crippen molar-refractivity contribution >= 4 is 6.09 Å². The summed E-state index contributed by atoms with van der Waals surface area (Å²) in [5.74, 6) is 3.30. The number of hydrogen-bond acceptors (Lipinski definition) is 3. The number of fused-ring (bicyclic) bond motifs is 5. The molecular formula is C21H35NO3. The van der Waals surface area contributed by atoms with E-state index in [9.17, 15) is 9.90 Å². The molecule has 3 saturated carbocycles. The van der Waals surface area contributed by atoms with E-state index >= 15 is 0 Å². The molecule has 1 heterocycles. The molecule has 4 rings (SSSR count). The Morgan fingerprint density at radius 1 is 1.16 bits per heavy atom. The van der Waals surface area contributed by atoms with E-state index in [1.807, 2.05) is 11.9 Å². The first kappa shape index (κ1) is 17.6. The second-order valence-corrected chi connectivity index (χ2v) is 10.0. The highest BCUT2D eigenvalue weighted by Crippen LogP contribution is 2.66. The van der Waals surface area contributed by atoms with Gasteiger partial charge in [0.15, 0.2) is 0 Å². The van der Waals surface area contributed by atoms with Gasteiger partial charge < -0.3 is 14.7 Å². The Morgan fingerprint density at radius 2 is 1.88 bits per heavy atom. The minimum absolute atomic E-state index is 0.105. The van der Waals surface area contributed by atoms with Gasteiger partial charge in [0.25, 0.3) is 0 Å². The number of aliphatic hydroxyl groups excluding tert-OH is 1. The van der Waals surface area contributed by atoms with Crippen molar-refractivity contribution in [1.29, 1.82) is 0 Å². The fraction of sp³-hybridized carbons (Fsp3) is 0.952. The van der Waals surface area contributed by atoms with E-state index in [0.717, 1.165) is 18.3 Å². The first-order valence-corrected chi connectivity index (χ1v) is 10.3. The number of carbonyl (C=O) groups excluding carboxylic acids is 1. The zero-order chi connectivity index (χ0) is 18.0. The van der Waals surface area contributed by atoms with Crippen molar-refractivity contribution in [2.24, 2.45) is 40.4 Å². The van der Waals surface area contributed by atoms with Crippen LogP contribution in [0.5, 0.6) is 0 Å². The number of ether oxygens (including phenoxy) is 1. The summed E-state index contributed by atoms with van der Waals surface area (Å²) in [6.07, 6.45) is 7.36. The molecule has 0 bridgehead atoms. The summed E-state index contributed by atoms with van der Waals surface area (Å²) >= 11 is 0. The van der Waals surface area contributed by atoms with Crippen LogP contribution < -0.4 is 0 Å². The van der Waals surface area contributed by atoms with Gasteiger partial charge in [0, 0.05) is 25.1 Å². The summed E-state index contributed by atoms with van der Waals surface area (Å²) in [6, 6.07) is 0.341. The maximum atomic E-state index is 12.0. The molecule has 4 aliphatic rings. The van der Waals surface area contributed by atoms with Gasteiger partial charge in [-0.2, -0.15) is 0 Å². The third-order valence-electron chi connectivity index (χ3n) is 9.13. The molecule has 1 aliphatic heterocycles. The quantitative estimate of drug-likeness (QED) is 0.822. The van der Waals surface area contributed by atoms with Gasteiger partial charge in [-0.05, 0) is 73.5 Å². The van der Waals surface area contributed by atoms with Gasteiger partial charge in [-0.3, -0.25) is 0 Å². The second-order valence-electron chi connectivity index (χ2n) is 10.0. The third-order valence-corrected chi connectivity index (χ3v) is 9.13. The van der Waals surface area contributed by atoms with E-state index in [0.29, 0.717) is 42.4 Å². The minimum atomic E-state index is -0.140. The third kappa shape index (κ3) is 2.32. The van der Waals surface area contributed by atoms with Crippen LogP contribution in [0.25, 0.3) is 0 Å². The van der Waals surface area contributed by atoms with Gasteiger partial charge in [0.1, 0.15) is 6.61 Å². The van der Waals surface area contributed by atoms with Crippen LogP contribution in [0.3, 0.4) is 0 Å². The van der Waals surface area contributed by atoms with Crippen LogP contribution >= 0.6 is 0 Å². The monoisotopic (exact) mass is 349 g/mol. The van der Waals surface area contributed by atoms with Crippen LogP contribution in [-0.4, -0.2) is 42.4 Å². The number of nitrogens with zero attached hydrogens (tertiary/aromatic N) is 1. The van der Waals surface area contributed by atoms with Gasteiger partial charge in [-0.1, -0.05) is 20.8 Å². The van der Waals surface area contributed by atoms with E-state index in [1.54, 1.807) is 0 Å². The predicted octanol–water partition coefficient (Wildman–Crippen LogP) is 3.92. The highest BCUT2D eigenvalue weighted by atomic mass is 16.6. The highest BCUT2D eigenvalue weighted by molar-refractivity contribution is 5.68. The normalized spacial score (nSPS) is 50.5. The number of aliphatic hydroxyl groups is 1. The molecule has 25 heavy (non-hydrogen) atoms. The molecule has 0 radical (unpaired) electrons. The Balaban J connectivity index is 1.61. The molecule has 1 amide bonds. The number of hydrogen-bond donors (Lipinski definition) is 1. The molecule has 0 aromatic rings. The zero-order valence-electron chi connectivity index (χ0n) is 16.3. The number of cyclic esters (lactones) is 1. The molecule has 3 aliphatic carbocycles. The topological polar surface area (TPSA) is 49.8 Å². The summed E-state index contributed by atoms with van der Waals surface area (Å²) in [7, 11) is 1.92. The Labute approximate surface area is 152 Å². The Hall–Kier alpha value is -0.770. The largest absolute Gasteiger partial charge is 0.449 e. The van der Waals surface area contributed by atoms with E-state index in [-0.39, 0.29) is 11.5 Å². The first-order chi connectivity index (χ1) is 11.8. The highest BCUT2D eigenvalue weighted by Gasteiger charge is 2.62. The molecule has 4 fully saturated rings. The average Bonchev–Trinajstić information content (AvgIpc) is 2.95. The minimum Gasteiger partial charge on any atom is -0.449 e. The van der Waals surface area contributed by atoms with Crippen LogP contribution in [-0.2, 0) is 4.74 Å². The predicted molar refractivity (Wildman–Crippen MR) is 97.0 cm³/mol. The van der Waals surface area contributed by atoms with E-state index in [1.165, 1.54) is 32.1 Å². The lowest BCUT2D eigenvalue weighted by Gasteiger charge is -2.61. The van der Waals surface area contributed by atoms with Crippen LogP contribution in [0.4, 0.5) is 4.79 Å². The zero-order valence-corrected chi connectivity index (χ0v) is 16.3. The standard InChI is InChI=1S/C21H35NO3/c1-13(11-23)15-6-7-16-14-5-8-18-21(3,12-25-19(24)22(18)4)17(14)9-10-20(15,16)2/h13-18,23H,5-12H2,1-4H3/t13?,14-,15+,16-,17-,18+,20+,21+/m0/s1. The molecule has 4 heteroatoms. The lowest BCUT2D eigenvalue weighted by Crippen LogP contribution is -2.63. The fourth-order valence-corrected chi connectivity index (χ4v) is 7.82. The Morgan fingerprint density at radius 3 is 2.60 bits per heavy atom. The molecule has 8 atom stereocenters. The lowest BCUT2D eigenvalue weighted by molar-refractivity contribution is -0.145. The van der Waals surface area contributed by atoms with E-state index < -0.39 is 0 Å². The van der Waals surface area contributed by atoms with Gasteiger partial charge in [0.2, 0.25) is 0 Å².